The highest BCUT2D eigenvalue weighted by molar-refractivity contribution is 5.87. The van der Waals surface area contributed by atoms with Gasteiger partial charge in [-0.2, -0.15) is 0 Å². The molecule has 0 spiro atoms. The average molecular weight is 1100 g/mol. The number of aliphatic hydroxyl groups excluding tert-OH is 6. The number of hydrogen-bond acceptors (Lipinski definition) is 25. The number of anilines is 1. The van der Waals surface area contributed by atoms with Crippen LogP contribution in [-0.2, 0) is 41.6 Å². The molecule has 0 bridgehead atoms. The zero-order valence-corrected chi connectivity index (χ0v) is 43.3. The van der Waals surface area contributed by atoms with Crippen molar-refractivity contribution in [3.63, 3.8) is 0 Å². The van der Waals surface area contributed by atoms with Gasteiger partial charge in [0.05, 0.1) is 53.0 Å². The quantitative estimate of drug-likeness (QED) is 0.0437. The molecule has 7 heterocycles. The zero-order valence-electron chi connectivity index (χ0n) is 43.3. The molecule has 28 nitrogen and oxygen atoms in total. The van der Waals surface area contributed by atoms with Gasteiger partial charge in [0.1, 0.15) is 96.8 Å². The minimum Gasteiger partial charge on any atom is -0.487 e. The molecule has 4 aliphatic heterocycles. The number of H-pyrrole nitrogens is 2. The van der Waals surface area contributed by atoms with Crippen LogP contribution in [0.2, 0.25) is 0 Å². The fourth-order valence-corrected chi connectivity index (χ4v) is 11.0. The van der Waals surface area contributed by atoms with E-state index in [0.717, 1.165) is 65.2 Å². The molecule has 0 amide bonds. The normalized spacial score (nSPS) is 35.7. The van der Waals surface area contributed by atoms with E-state index in [1.165, 1.54) is 10.4 Å². The van der Waals surface area contributed by atoms with E-state index in [0.29, 0.717) is 17.3 Å². The van der Waals surface area contributed by atoms with Crippen LogP contribution < -0.4 is 44.0 Å². The third-order valence-electron chi connectivity index (χ3n) is 15.7. The maximum atomic E-state index is 12.0. The largest absolute Gasteiger partial charge is 0.487 e. The van der Waals surface area contributed by atoms with Crippen molar-refractivity contribution in [2.75, 3.05) is 51.2 Å². The molecule has 11 rings (SSSR count). The molecule has 6 aromatic rings. The van der Waals surface area contributed by atoms with Crippen molar-refractivity contribution >= 4 is 27.8 Å². The minimum absolute atomic E-state index is 0.0227. The monoisotopic (exact) mass is 1100 g/mol. The van der Waals surface area contributed by atoms with Gasteiger partial charge in [0.2, 0.25) is 0 Å². The maximum absolute atomic E-state index is 12.0. The van der Waals surface area contributed by atoms with E-state index in [1.54, 1.807) is 6.20 Å². The first-order chi connectivity index (χ1) is 38.0. The highest BCUT2D eigenvalue weighted by Gasteiger charge is 2.54. The summed E-state index contributed by atoms with van der Waals surface area (Å²) in [4.78, 5) is 21.4. The Labute approximate surface area is 452 Å². The number of likely N-dealkylation sites (N-methyl/N-ethyl adjacent to an activating group) is 1. The number of fused-ring (bicyclic) bond motifs is 2. The van der Waals surface area contributed by atoms with Gasteiger partial charge >= 0.3 is 0 Å². The number of aromatic nitrogens is 7. The van der Waals surface area contributed by atoms with E-state index in [-0.39, 0.29) is 32.7 Å². The second-order valence-corrected chi connectivity index (χ2v) is 21.2. The minimum atomic E-state index is -1.65. The molecule has 4 saturated heterocycles. The van der Waals surface area contributed by atoms with Crippen LogP contribution in [0, 0.1) is 0 Å². The standard InChI is InChI=1S/C51H71N15O13/c1-64-10-12-65(13-11-64)25-5-9-30-32(15-25)61-48(59-30)23-4-8-29-31(14-23)60-47(58-29)22-2-6-26(7-3-22)73-21-24-19-66(63-62-24)20-35-45(78-50-37(57)42(71)40(69)34(18-53)75-50)43(72)51(76-35)79-46-38(67)27(54)16-28(55)44(46)77-49-36(56)41(70)39(68)33(17-52)74-49/h2-9,14-15,19,27-28,33-46,49-51,67-72H,10-13,16-18,20-21,52-57H2,1H3,(H,58,60)(H,59,61)/t27-,28+,33-,34?,35-,36-,37-,38+,39-,40-,41-,42-,43-,44-,45-,46-,49-,50-,51+/m1/s1. The van der Waals surface area contributed by atoms with Crippen molar-refractivity contribution in [2.24, 2.45) is 34.4 Å². The smallest absolute Gasteiger partial charge is 0.187 e. The molecule has 0 radical (unpaired) electrons. The van der Waals surface area contributed by atoms with Gasteiger partial charge in [-0.15, -0.1) is 5.10 Å². The maximum Gasteiger partial charge on any atom is 0.187 e. The van der Waals surface area contributed by atoms with Crippen LogP contribution >= 0.6 is 0 Å². The summed E-state index contributed by atoms with van der Waals surface area (Å²) in [5, 5.41) is 74.5. The number of benzene rings is 3. The van der Waals surface area contributed by atoms with Crippen LogP contribution in [0.5, 0.6) is 5.75 Å². The SMILES string of the molecule is CN1CCN(c2ccc3nc(-c4ccc5nc(-c6ccc(OCc7cn(C[C@H]8O[C@@H](O[C@@H]9[C@@H](O)[C@H](N)C[C@H](N)[C@H]9O[C@H]9O[C@H](CN)[C@@H](O)[C@H](O)[C@H]9N)[C@H](O)[C@@H]8O[C@H]8OC(CN)[C@@H](O)[C@H](O)[C@H]8N)nn7)cc6)[nH]c5c4)[nH]c3c2)CC1. The first-order valence-corrected chi connectivity index (χ1v) is 26.5. The van der Waals surface area contributed by atoms with Gasteiger partial charge in [0.25, 0.3) is 0 Å². The van der Waals surface area contributed by atoms with Crippen LogP contribution in [0.15, 0.2) is 66.9 Å². The van der Waals surface area contributed by atoms with E-state index < -0.39 is 116 Å². The summed E-state index contributed by atoms with van der Waals surface area (Å²) in [7, 11) is 2.15. The number of rotatable bonds is 16. The van der Waals surface area contributed by atoms with Gasteiger partial charge in [0.15, 0.2) is 18.9 Å². The highest BCUT2D eigenvalue weighted by Crippen LogP contribution is 2.36. The topological polar surface area (TPSA) is 437 Å². The third-order valence-corrected chi connectivity index (χ3v) is 15.7. The van der Waals surface area contributed by atoms with Crippen LogP contribution in [0.1, 0.15) is 12.1 Å². The predicted molar refractivity (Wildman–Crippen MR) is 282 cm³/mol. The number of nitrogens with two attached hydrogens (primary N) is 6. The van der Waals surface area contributed by atoms with E-state index in [4.69, 9.17) is 77.5 Å². The Bertz CT molecular complexity index is 3000. The van der Waals surface area contributed by atoms with Crippen molar-refractivity contribution in [1.29, 1.82) is 0 Å². The molecule has 1 aliphatic carbocycles. The van der Waals surface area contributed by atoms with E-state index in [1.807, 2.05) is 42.5 Å². The third kappa shape index (κ3) is 11.3. The lowest BCUT2D eigenvalue weighted by molar-refractivity contribution is -0.306. The number of aliphatic hydroxyl groups is 6. The number of nitrogens with zero attached hydrogens (tertiary/aromatic N) is 7. The summed E-state index contributed by atoms with van der Waals surface area (Å²) in [6.45, 7) is 3.57. The lowest BCUT2D eigenvalue weighted by atomic mass is 9.84. The van der Waals surface area contributed by atoms with Gasteiger partial charge in [-0.1, -0.05) is 5.21 Å². The van der Waals surface area contributed by atoms with Gasteiger partial charge in [0, 0.05) is 68.2 Å². The summed E-state index contributed by atoms with van der Waals surface area (Å²) < 4.78 is 44.3. The Morgan fingerprint density at radius 2 is 1.18 bits per heavy atom. The number of imidazole rings is 2. The Morgan fingerprint density at radius 1 is 0.608 bits per heavy atom. The fourth-order valence-electron chi connectivity index (χ4n) is 11.0. The average Bonchev–Trinajstić information content (AvgIpc) is 4.39. The second-order valence-electron chi connectivity index (χ2n) is 21.2. The lowest BCUT2D eigenvalue weighted by Crippen LogP contribution is -2.68. The molecular formula is C51H71N15O13. The first-order valence-electron chi connectivity index (χ1n) is 26.5. The van der Waals surface area contributed by atoms with Crippen molar-refractivity contribution in [3.05, 3.63) is 72.6 Å². The summed E-state index contributed by atoms with van der Waals surface area (Å²) in [6, 6.07) is 15.5. The summed E-state index contributed by atoms with van der Waals surface area (Å²) in [5.41, 5.74) is 43.9. The fraction of sp³-hybridized carbons (Fsp3) is 0.569. The number of nitrogens with one attached hydrogen (secondary N) is 2. The van der Waals surface area contributed by atoms with E-state index in [2.05, 4.69) is 55.3 Å². The Balaban J connectivity index is 0.754. The van der Waals surface area contributed by atoms with E-state index in [9.17, 15) is 30.6 Å². The molecule has 3 aromatic carbocycles. The molecule has 428 valence electrons. The first kappa shape index (κ1) is 55.5. The molecule has 5 aliphatic rings. The summed E-state index contributed by atoms with van der Waals surface area (Å²) in [6.07, 6.45) is -18.7. The zero-order chi connectivity index (χ0) is 55.4. The van der Waals surface area contributed by atoms with Gasteiger partial charge in [-0.05, 0) is 74.1 Å². The highest BCUT2D eigenvalue weighted by atomic mass is 16.8. The number of ether oxygens (including phenoxy) is 7. The van der Waals surface area contributed by atoms with Crippen LogP contribution in [-0.4, -0.2) is 233 Å². The summed E-state index contributed by atoms with van der Waals surface area (Å²) >= 11 is 0. The van der Waals surface area contributed by atoms with Crippen LogP contribution in [0.4, 0.5) is 5.69 Å². The predicted octanol–water partition coefficient (Wildman–Crippen LogP) is -4.18. The van der Waals surface area contributed by atoms with Gasteiger partial charge in [-0.25, -0.2) is 14.6 Å². The molecule has 3 aromatic heterocycles. The van der Waals surface area contributed by atoms with E-state index >= 15 is 0 Å². The van der Waals surface area contributed by atoms with Gasteiger partial charge < -0.3 is 118 Å². The second kappa shape index (κ2) is 23.2. The Kier molecular flexibility index (Phi) is 16.3. The molecule has 28 heteroatoms. The lowest BCUT2D eigenvalue weighted by Gasteiger charge is -2.47. The van der Waals surface area contributed by atoms with Crippen molar-refractivity contribution in [3.8, 4) is 28.5 Å². The molecule has 20 N–H and O–H groups in total. The molecule has 19 atom stereocenters. The van der Waals surface area contributed by atoms with Crippen molar-refractivity contribution in [1.82, 2.24) is 39.8 Å². The number of piperazine rings is 1. The molecule has 1 unspecified atom stereocenters. The Hall–Kier alpha value is -5.42. The van der Waals surface area contributed by atoms with Gasteiger partial charge in [-0.3, -0.25) is 0 Å². The molecule has 5 fully saturated rings. The Morgan fingerprint density at radius 3 is 1.82 bits per heavy atom. The number of aromatic amines is 2. The van der Waals surface area contributed by atoms with Crippen molar-refractivity contribution in [2.45, 2.75) is 136 Å². The molecule has 1 saturated carbocycles. The van der Waals surface area contributed by atoms with Crippen LogP contribution in [0.25, 0.3) is 44.8 Å². The number of hydrogen-bond donors (Lipinski definition) is 14. The van der Waals surface area contributed by atoms with Crippen LogP contribution in [0.3, 0.4) is 0 Å². The molecule has 79 heavy (non-hydrogen) atoms. The van der Waals surface area contributed by atoms with Crippen molar-refractivity contribution < 1.29 is 63.8 Å². The summed E-state index contributed by atoms with van der Waals surface area (Å²) in [5.74, 6) is 2.00. The molecular weight excluding hydrogens is 1030 g/mol.